The number of amides is 1. The maximum atomic E-state index is 12.8. The summed E-state index contributed by atoms with van der Waals surface area (Å²) >= 11 is 6.72. The van der Waals surface area contributed by atoms with E-state index in [1.54, 1.807) is 23.1 Å². The van der Waals surface area contributed by atoms with Crippen LogP contribution in [-0.2, 0) is 16.0 Å². The van der Waals surface area contributed by atoms with Gasteiger partial charge in [-0.05, 0) is 49.6 Å². The van der Waals surface area contributed by atoms with Crippen LogP contribution in [0.1, 0.15) is 16.1 Å². The molecule has 1 heterocycles. The Bertz CT molecular complexity index is 755. The molecule has 2 aromatic rings. The van der Waals surface area contributed by atoms with Crippen LogP contribution >= 0.6 is 31.9 Å². The van der Waals surface area contributed by atoms with Crippen LogP contribution in [0.2, 0.25) is 0 Å². The summed E-state index contributed by atoms with van der Waals surface area (Å²) in [6, 6.07) is 11.4. The van der Waals surface area contributed by atoms with Gasteiger partial charge in [-0.2, -0.15) is 0 Å². The Balaban J connectivity index is 2.07. The third-order valence-corrected chi connectivity index (χ3v) is 5.20. The van der Waals surface area contributed by atoms with Crippen molar-refractivity contribution >= 4 is 43.9 Å². The normalized spacial score (nSPS) is 10.7. The SMILES string of the molecule is COC(=O)OC/C=C/CN(Cc1ccccc1)C(=O)c1cc(Br)c(Br)[nH]1. The zero-order valence-electron chi connectivity index (χ0n) is 14.1. The highest BCUT2D eigenvalue weighted by molar-refractivity contribution is 9.13. The second kappa shape index (κ2) is 10.2. The molecule has 0 atom stereocenters. The highest BCUT2D eigenvalue weighted by Crippen LogP contribution is 2.24. The molecule has 0 aliphatic heterocycles. The van der Waals surface area contributed by atoms with E-state index in [0.29, 0.717) is 23.4 Å². The number of aromatic nitrogens is 1. The molecular formula is C18H18Br2N2O4. The van der Waals surface area contributed by atoms with Crippen LogP contribution in [0.5, 0.6) is 0 Å². The molecule has 0 aliphatic rings. The first-order valence-corrected chi connectivity index (χ1v) is 9.32. The van der Waals surface area contributed by atoms with E-state index >= 15 is 0 Å². The minimum absolute atomic E-state index is 0.0830. The fourth-order valence-corrected chi connectivity index (χ4v) is 2.81. The molecule has 0 bridgehead atoms. The Hall–Kier alpha value is -2.06. The average Bonchev–Trinajstić information content (AvgIpc) is 2.99. The van der Waals surface area contributed by atoms with E-state index in [2.05, 4.69) is 41.6 Å². The molecule has 0 aliphatic carbocycles. The van der Waals surface area contributed by atoms with Crippen LogP contribution in [-0.4, -0.2) is 42.2 Å². The second-order valence-electron chi connectivity index (χ2n) is 5.25. The number of H-pyrrole nitrogens is 1. The van der Waals surface area contributed by atoms with Crippen molar-refractivity contribution in [1.82, 2.24) is 9.88 Å². The zero-order valence-corrected chi connectivity index (χ0v) is 17.2. The molecule has 1 amide bonds. The van der Waals surface area contributed by atoms with E-state index < -0.39 is 6.16 Å². The van der Waals surface area contributed by atoms with E-state index in [9.17, 15) is 9.59 Å². The summed E-state index contributed by atoms with van der Waals surface area (Å²) < 4.78 is 10.7. The predicted octanol–water partition coefficient (Wildman–Crippen LogP) is 4.52. The molecule has 2 rings (SSSR count). The number of benzene rings is 1. The third-order valence-electron chi connectivity index (χ3n) is 3.42. The van der Waals surface area contributed by atoms with Crippen molar-refractivity contribution in [2.45, 2.75) is 6.54 Å². The Morgan fingerprint density at radius 1 is 1.19 bits per heavy atom. The zero-order chi connectivity index (χ0) is 18.9. The number of hydrogen-bond acceptors (Lipinski definition) is 4. The Labute approximate surface area is 168 Å². The highest BCUT2D eigenvalue weighted by atomic mass is 79.9. The summed E-state index contributed by atoms with van der Waals surface area (Å²) in [7, 11) is 1.25. The van der Waals surface area contributed by atoms with Crippen molar-refractivity contribution < 1.29 is 19.1 Å². The van der Waals surface area contributed by atoms with Gasteiger partial charge in [0.05, 0.1) is 16.2 Å². The van der Waals surface area contributed by atoms with Gasteiger partial charge in [-0.15, -0.1) is 0 Å². The van der Waals surface area contributed by atoms with Gasteiger partial charge in [0.25, 0.3) is 5.91 Å². The lowest BCUT2D eigenvalue weighted by Crippen LogP contribution is -2.31. The molecule has 0 saturated carbocycles. The quantitative estimate of drug-likeness (QED) is 0.462. The summed E-state index contributed by atoms with van der Waals surface area (Å²) in [5, 5.41) is 0. The molecule has 0 spiro atoms. The Morgan fingerprint density at radius 2 is 1.92 bits per heavy atom. The molecule has 26 heavy (non-hydrogen) atoms. The molecule has 8 heteroatoms. The van der Waals surface area contributed by atoms with Gasteiger partial charge in [-0.3, -0.25) is 4.79 Å². The number of methoxy groups -OCH3 is 1. The number of carbonyl (C=O) groups is 2. The van der Waals surface area contributed by atoms with E-state index in [4.69, 9.17) is 4.74 Å². The molecule has 0 radical (unpaired) electrons. The van der Waals surface area contributed by atoms with Crippen LogP contribution in [0.15, 0.2) is 57.6 Å². The van der Waals surface area contributed by atoms with Crippen LogP contribution in [0.25, 0.3) is 0 Å². The first-order chi connectivity index (χ1) is 12.5. The molecule has 1 aromatic heterocycles. The van der Waals surface area contributed by atoms with Crippen LogP contribution in [0.4, 0.5) is 4.79 Å². The molecule has 0 saturated heterocycles. The summed E-state index contributed by atoms with van der Waals surface area (Å²) in [4.78, 5) is 28.5. The number of nitrogens with zero attached hydrogens (tertiary/aromatic N) is 1. The van der Waals surface area contributed by atoms with Gasteiger partial charge >= 0.3 is 6.16 Å². The van der Waals surface area contributed by atoms with Gasteiger partial charge in [0.15, 0.2) is 0 Å². The summed E-state index contributed by atoms with van der Waals surface area (Å²) in [6.45, 7) is 0.905. The standard InChI is InChI=1S/C18H18Br2N2O4/c1-25-18(24)26-10-6-5-9-22(12-13-7-3-2-4-8-13)17(23)15-11-14(19)16(20)21-15/h2-8,11,21H,9-10,12H2,1H3/b6-5+. The number of nitrogens with one attached hydrogen (secondary N) is 1. The van der Waals surface area contributed by atoms with Gasteiger partial charge in [-0.25, -0.2) is 4.79 Å². The maximum absolute atomic E-state index is 12.8. The molecule has 0 fully saturated rings. The lowest BCUT2D eigenvalue weighted by Gasteiger charge is -2.20. The number of hydrogen-bond donors (Lipinski definition) is 1. The molecule has 138 valence electrons. The minimum atomic E-state index is -0.743. The van der Waals surface area contributed by atoms with Crippen molar-refractivity contribution in [3.8, 4) is 0 Å². The van der Waals surface area contributed by atoms with Crippen molar-refractivity contribution in [2.75, 3.05) is 20.3 Å². The smallest absolute Gasteiger partial charge is 0.438 e. The van der Waals surface area contributed by atoms with Crippen LogP contribution in [0.3, 0.4) is 0 Å². The lowest BCUT2D eigenvalue weighted by atomic mass is 10.2. The van der Waals surface area contributed by atoms with E-state index in [0.717, 1.165) is 10.0 Å². The molecule has 1 N–H and O–H groups in total. The number of aromatic amines is 1. The summed E-state index contributed by atoms with van der Waals surface area (Å²) in [5.74, 6) is -0.140. The second-order valence-corrected chi connectivity index (χ2v) is 6.90. The van der Waals surface area contributed by atoms with Crippen molar-refractivity contribution in [3.63, 3.8) is 0 Å². The molecule has 1 aromatic carbocycles. The first kappa shape index (κ1) is 20.3. The van der Waals surface area contributed by atoms with Gasteiger partial charge < -0.3 is 19.4 Å². The van der Waals surface area contributed by atoms with Gasteiger partial charge in [0.2, 0.25) is 0 Å². The van der Waals surface area contributed by atoms with Crippen LogP contribution < -0.4 is 0 Å². The molecule has 6 nitrogen and oxygen atoms in total. The Kier molecular flexibility index (Phi) is 7.93. The summed E-state index contributed by atoms with van der Waals surface area (Å²) in [5.41, 5.74) is 1.49. The monoisotopic (exact) mass is 484 g/mol. The fraction of sp³-hybridized carbons (Fsp3) is 0.222. The molecule has 0 unspecified atom stereocenters. The first-order valence-electron chi connectivity index (χ1n) is 7.74. The van der Waals surface area contributed by atoms with Gasteiger partial charge in [0, 0.05) is 13.1 Å². The third kappa shape index (κ3) is 6.03. The van der Waals surface area contributed by atoms with Crippen LogP contribution in [0, 0.1) is 0 Å². The topological polar surface area (TPSA) is 71.6 Å². The number of halogens is 2. The number of ether oxygens (including phenoxy) is 2. The largest absolute Gasteiger partial charge is 0.508 e. The minimum Gasteiger partial charge on any atom is -0.438 e. The molecular weight excluding hydrogens is 468 g/mol. The highest BCUT2D eigenvalue weighted by Gasteiger charge is 2.18. The average molecular weight is 486 g/mol. The summed E-state index contributed by atoms with van der Waals surface area (Å²) in [6.07, 6.45) is 2.70. The van der Waals surface area contributed by atoms with Crippen molar-refractivity contribution in [2.24, 2.45) is 0 Å². The van der Waals surface area contributed by atoms with E-state index in [-0.39, 0.29) is 12.5 Å². The van der Waals surface area contributed by atoms with Crippen molar-refractivity contribution in [1.29, 1.82) is 0 Å². The van der Waals surface area contributed by atoms with E-state index in [1.165, 1.54) is 7.11 Å². The number of rotatable bonds is 7. The lowest BCUT2D eigenvalue weighted by molar-refractivity contribution is 0.0751. The van der Waals surface area contributed by atoms with Gasteiger partial charge in [-0.1, -0.05) is 36.4 Å². The van der Waals surface area contributed by atoms with E-state index in [1.807, 2.05) is 30.3 Å². The Morgan fingerprint density at radius 3 is 2.54 bits per heavy atom. The van der Waals surface area contributed by atoms with Gasteiger partial charge in [0.1, 0.15) is 12.3 Å². The number of carbonyl (C=O) groups excluding carboxylic acids is 2. The maximum Gasteiger partial charge on any atom is 0.508 e. The fourth-order valence-electron chi connectivity index (χ4n) is 2.16. The predicted molar refractivity (Wildman–Crippen MR) is 105 cm³/mol. The van der Waals surface area contributed by atoms with Crippen molar-refractivity contribution in [3.05, 3.63) is 68.9 Å².